The number of amides is 1. The zero-order valence-electron chi connectivity index (χ0n) is 15.9. The molecule has 0 aliphatic heterocycles. The minimum absolute atomic E-state index is 0.00455. The Labute approximate surface area is 166 Å². The number of nitrogens with one attached hydrogen (secondary N) is 1. The Hall–Kier alpha value is -2.93. The van der Waals surface area contributed by atoms with Crippen LogP contribution in [0.5, 0.6) is 0 Å². The fourth-order valence-corrected chi connectivity index (χ4v) is 4.47. The molecule has 3 aromatic heterocycles. The van der Waals surface area contributed by atoms with Gasteiger partial charge in [0, 0.05) is 28.2 Å². The molecule has 0 aliphatic rings. The molecule has 0 unspecified atom stereocenters. The number of aromatic nitrogens is 3. The van der Waals surface area contributed by atoms with Crippen LogP contribution in [-0.2, 0) is 18.4 Å². The molecule has 3 heterocycles. The van der Waals surface area contributed by atoms with Gasteiger partial charge in [-0.15, -0.1) is 11.3 Å². The molecule has 0 spiro atoms. The number of para-hydroxylation sites is 1. The summed E-state index contributed by atoms with van der Waals surface area (Å²) in [5.41, 5.74) is 1.17. The highest BCUT2D eigenvalue weighted by Crippen LogP contribution is 2.27. The van der Waals surface area contributed by atoms with Crippen LogP contribution >= 0.6 is 11.3 Å². The topological polar surface area (TPSA) is 68.9 Å². The molecule has 1 atom stereocenters. The number of nitrogens with zero attached hydrogens (tertiary/aromatic N) is 3. The number of aryl methyl sites for hydroxylation is 1. The van der Waals surface area contributed by atoms with Crippen molar-refractivity contribution in [1.29, 1.82) is 0 Å². The van der Waals surface area contributed by atoms with Gasteiger partial charge < -0.3 is 9.88 Å². The van der Waals surface area contributed by atoms with Crippen molar-refractivity contribution in [2.75, 3.05) is 0 Å². The van der Waals surface area contributed by atoms with Crippen LogP contribution in [0.2, 0.25) is 0 Å². The van der Waals surface area contributed by atoms with Crippen LogP contribution in [0.4, 0.5) is 0 Å². The van der Waals surface area contributed by atoms with Crippen molar-refractivity contribution in [2.45, 2.75) is 32.4 Å². The van der Waals surface area contributed by atoms with E-state index < -0.39 is 0 Å². The van der Waals surface area contributed by atoms with E-state index in [-0.39, 0.29) is 24.1 Å². The second-order valence-electron chi connectivity index (χ2n) is 6.86. The fourth-order valence-electron chi connectivity index (χ4n) is 3.65. The zero-order chi connectivity index (χ0) is 19.7. The Bertz CT molecular complexity index is 1190. The summed E-state index contributed by atoms with van der Waals surface area (Å²) in [6.45, 7) is 2.20. The molecule has 4 rings (SSSR count). The maximum Gasteiger partial charge on any atom is 0.291 e. The van der Waals surface area contributed by atoms with Gasteiger partial charge >= 0.3 is 0 Å². The summed E-state index contributed by atoms with van der Waals surface area (Å²) >= 11 is 1.65. The number of thiophene rings is 1. The van der Waals surface area contributed by atoms with Crippen LogP contribution in [0, 0.1) is 0 Å². The van der Waals surface area contributed by atoms with E-state index in [2.05, 4.69) is 17.3 Å². The number of benzene rings is 1. The molecule has 0 saturated carbocycles. The number of hydrogen-bond acceptors (Lipinski definition) is 4. The molecule has 144 valence electrons. The molecule has 6 nitrogen and oxygen atoms in total. The van der Waals surface area contributed by atoms with E-state index in [1.807, 2.05) is 41.8 Å². The summed E-state index contributed by atoms with van der Waals surface area (Å²) in [6, 6.07) is 11.8. The monoisotopic (exact) mass is 394 g/mol. The summed E-state index contributed by atoms with van der Waals surface area (Å²) in [5, 5.41) is 11.0. The van der Waals surface area contributed by atoms with Crippen LogP contribution in [-0.4, -0.2) is 20.3 Å². The molecule has 0 saturated heterocycles. The van der Waals surface area contributed by atoms with E-state index in [1.54, 1.807) is 29.1 Å². The molecule has 1 N–H and O–H groups in total. The molecule has 4 aromatic rings. The molecule has 7 heteroatoms. The minimum atomic E-state index is -0.204. The minimum Gasteiger partial charge on any atom is -0.347 e. The molecule has 0 fully saturated rings. The van der Waals surface area contributed by atoms with Crippen molar-refractivity contribution < 1.29 is 4.79 Å². The third-order valence-electron chi connectivity index (χ3n) is 4.97. The van der Waals surface area contributed by atoms with E-state index in [1.165, 1.54) is 4.68 Å². The summed E-state index contributed by atoms with van der Waals surface area (Å²) in [4.78, 5) is 26.8. The summed E-state index contributed by atoms with van der Waals surface area (Å²) in [7, 11) is 1.62. The third kappa shape index (κ3) is 3.22. The first-order chi connectivity index (χ1) is 13.6. The van der Waals surface area contributed by atoms with Crippen molar-refractivity contribution in [2.24, 2.45) is 7.05 Å². The highest BCUT2D eigenvalue weighted by Gasteiger charge is 2.19. The molecule has 0 bridgehead atoms. The van der Waals surface area contributed by atoms with E-state index in [4.69, 9.17) is 0 Å². The SMILES string of the molecule is CCC[C@@H](NC(=O)Cn1c2ccccc2c2cnn(C)c(=O)c21)c1cccs1. The van der Waals surface area contributed by atoms with Crippen LogP contribution in [0.25, 0.3) is 21.8 Å². The summed E-state index contributed by atoms with van der Waals surface area (Å²) in [5.74, 6) is -0.103. The van der Waals surface area contributed by atoms with Crippen molar-refractivity contribution >= 4 is 39.0 Å². The second kappa shape index (κ2) is 7.59. The Morgan fingerprint density at radius 2 is 2.04 bits per heavy atom. The second-order valence-corrected chi connectivity index (χ2v) is 7.84. The van der Waals surface area contributed by atoms with Gasteiger partial charge in [-0.2, -0.15) is 5.10 Å². The van der Waals surface area contributed by atoms with Crippen LogP contribution in [0.1, 0.15) is 30.7 Å². The summed E-state index contributed by atoms with van der Waals surface area (Å²) < 4.78 is 3.11. The molecule has 0 aliphatic carbocycles. The van der Waals surface area contributed by atoms with Crippen molar-refractivity contribution in [3.8, 4) is 0 Å². The molecular formula is C21H22N4O2S. The largest absolute Gasteiger partial charge is 0.347 e. The standard InChI is InChI=1S/C21H22N4O2S/c1-3-7-16(18-10-6-11-28-18)23-19(26)13-25-17-9-5-4-8-14(17)15-12-22-24(2)21(27)20(15)25/h4-6,8-12,16H,3,7,13H2,1-2H3,(H,23,26)/t16-/m1/s1. The number of fused-ring (bicyclic) bond motifs is 3. The van der Waals surface area contributed by atoms with Crippen LogP contribution in [0.3, 0.4) is 0 Å². The van der Waals surface area contributed by atoms with Gasteiger partial charge in [-0.3, -0.25) is 9.59 Å². The third-order valence-corrected chi connectivity index (χ3v) is 5.95. The van der Waals surface area contributed by atoms with Crippen molar-refractivity contribution in [1.82, 2.24) is 19.7 Å². The van der Waals surface area contributed by atoms with Gasteiger partial charge in [-0.05, 0) is 23.9 Å². The predicted octanol–water partition coefficient (Wildman–Crippen LogP) is 3.61. The number of rotatable bonds is 6. The van der Waals surface area contributed by atoms with Crippen LogP contribution < -0.4 is 10.9 Å². The first-order valence-electron chi connectivity index (χ1n) is 9.36. The maximum absolute atomic E-state index is 12.9. The Morgan fingerprint density at radius 3 is 2.79 bits per heavy atom. The average molecular weight is 395 g/mol. The lowest BCUT2D eigenvalue weighted by Gasteiger charge is -2.17. The lowest BCUT2D eigenvalue weighted by molar-refractivity contribution is -0.122. The lowest BCUT2D eigenvalue weighted by atomic mass is 10.1. The van der Waals surface area contributed by atoms with Gasteiger partial charge in [0.15, 0.2) is 0 Å². The van der Waals surface area contributed by atoms with E-state index in [9.17, 15) is 9.59 Å². The van der Waals surface area contributed by atoms with Gasteiger partial charge in [0.25, 0.3) is 5.56 Å². The molecule has 1 aromatic carbocycles. The lowest BCUT2D eigenvalue weighted by Crippen LogP contribution is -2.32. The van der Waals surface area contributed by atoms with Gasteiger partial charge in [-0.1, -0.05) is 37.6 Å². The highest BCUT2D eigenvalue weighted by molar-refractivity contribution is 7.10. The first kappa shape index (κ1) is 18.4. The summed E-state index contributed by atoms with van der Waals surface area (Å²) in [6.07, 6.45) is 3.55. The van der Waals surface area contributed by atoms with Gasteiger partial charge in [0.1, 0.15) is 12.1 Å². The molecule has 28 heavy (non-hydrogen) atoms. The smallest absolute Gasteiger partial charge is 0.291 e. The van der Waals surface area contributed by atoms with Gasteiger partial charge in [-0.25, -0.2) is 4.68 Å². The van der Waals surface area contributed by atoms with Crippen molar-refractivity contribution in [3.63, 3.8) is 0 Å². The van der Waals surface area contributed by atoms with Gasteiger partial charge in [0.05, 0.1) is 12.2 Å². The van der Waals surface area contributed by atoms with Crippen LogP contribution in [0.15, 0.2) is 52.8 Å². The first-order valence-corrected chi connectivity index (χ1v) is 10.2. The Balaban J connectivity index is 1.73. The highest BCUT2D eigenvalue weighted by atomic mass is 32.1. The van der Waals surface area contributed by atoms with E-state index >= 15 is 0 Å². The number of carbonyl (C=O) groups is 1. The van der Waals surface area contributed by atoms with E-state index in [0.29, 0.717) is 5.52 Å². The molecular weight excluding hydrogens is 372 g/mol. The molecule has 0 radical (unpaired) electrons. The Morgan fingerprint density at radius 1 is 1.21 bits per heavy atom. The average Bonchev–Trinajstić information content (AvgIpc) is 3.32. The predicted molar refractivity (Wildman–Crippen MR) is 113 cm³/mol. The Kier molecular flexibility index (Phi) is 5.00. The normalized spacial score (nSPS) is 12.5. The van der Waals surface area contributed by atoms with Gasteiger partial charge in [0.2, 0.25) is 5.91 Å². The van der Waals surface area contributed by atoms with E-state index in [0.717, 1.165) is 34.0 Å². The number of hydrogen-bond donors (Lipinski definition) is 1. The molecule has 1 amide bonds. The van der Waals surface area contributed by atoms with Crippen molar-refractivity contribution in [3.05, 3.63) is 63.2 Å². The fraction of sp³-hybridized carbons (Fsp3) is 0.286. The number of carbonyl (C=O) groups excluding carboxylic acids is 1. The zero-order valence-corrected chi connectivity index (χ0v) is 16.7. The maximum atomic E-state index is 12.9. The quantitative estimate of drug-likeness (QED) is 0.543.